The number of aromatic nitrogens is 1. The first-order valence-electron chi connectivity index (χ1n) is 9.12. The maximum absolute atomic E-state index is 12.9. The zero-order valence-electron chi connectivity index (χ0n) is 14.9. The maximum Gasteiger partial charge on any atom is 0.290 e. The van der Waals surface area contributed by atoms with Crippen LogP contribution in [-0.2, 0) is 4.79 Å². The lowest BCUT2D eigenvalue weighted by molar-refractivity contribution is -0.129. The number of hydrogen-bond acceptors (Lipinski definition) is 6. The normalized spacial score (nSPS) is 20.7. The van der Waals surface area contributed by atoms with Crippen LogP contribution in [0.4, 0.5) is 0 Å². The van der Waals surface area contributed by atoms with E-state index in [9.17, 15) is 14.7 Å². The third kappa shape index (κ3) is 3.26. The number of carbonyl (C=O) groups excluding carboxylic acids is 2. The van der Waals surface area contributed by atoms with Crippen molar-refractivity contribution in [3.8, 4) is 0 Å². The molecule has 1 unspecified atom stereocenters. The van der Waals surface area contributed by atoms with Crippen LogP contribution in [0.25, 0.3) is 0 Å². The Balaban J connectivity index is 1.67. The lowest BCUT2D eigenvalue weighted by atomic mass is 9.98. The summed E-state index contributed by atoms with van der Waals surface area (Å²) in [4.78, 5) is 33.8. The number of carbonyl (C=O) groups is 2. The largest absolute Gasteiger partial charge is 0.503 e. The second-order valence-electron chi connectivity index (χ2n) is 6.77. The molecule has 2 aromatic heterocycles. The average molecular weight is 367 g/mol. The molecule has 7 nitrogen and oxygen atoms in total. The SMILES string of the molecule is O=C(C1=C(O)C(=O)N(CCN2CCCC2)C1c1ccccn1)c1ccco1. The molecular weight excluding hydrogens is 346 g/mol. The molecule has 1 atom stereocenters. The Bertz CT molecular complexity index is 855. The summed E-state index contributed by atoms with van der Waals surface area (Å²) in [7, 11) is 0. The van der Waals surface area contributed by atoms with Gasteiger partial charge in [-0.2, -0.15) is 0 Å². The standard InChI is InChI=1S/C20H21N3O4/c24-18(15-7-5-13-27-15)16-17(14-6-1-2-8-21-14)23(20(26)19(16)25)12-11-22-9-3-4-10-22/h1-2,5-8,13,17,25H,3-4,9-12H2. The van der Waals surface area contributed by atoms with E-state index in [-0.39, 0.29) is 11.3 Å². The Morgan fingerprint density at radius 2 is 2.00 bits per heavy atom. The lowest BCUT2D eigenvalue weighted by Gasteiger charge is -2.27. The minimum Gasteiger partial charge on any atom is -0.503 e. The summed E-state index contributed by atoms with van der Waals surface area (Å²) >= 11 is 0. The van der Waals surface area contributed by atoms with Gasteiger partial charge in [-0.1, -0.05) is 6.07 Å². The monoisotopic (exact) mass is 367 g/mol. The van der Waals surface area contributed by atoms with Crippen molar-refractivity contribution >= 4 is 11.7 Å². The Morgan fingerprint density at radius 3 is 2.67 bits per heavy atom. The lowest BCUT2D eigenvalue weighted by Crippen LogP contribution is -2.38. The number of aliphatic hydroxyl groups excluding tert-OH is 1. The minimum absolute atomic E-state index is 0.0232. The average Bonchev–Trinajstić information content (AvgIpc) is 3.43. The van der Waals surface area contributed by atoms with Crippen LogP contribution in [0.1, 0.15) is 35.1 Å². The van der Waals surface area contributed by atoms with Gasteiger partial charge >= 0.3 is 0 Å². The molecule has 0 spiro atoms. The summed E-state index contributed by atoms with van der Waals surface area (Å²) in [6, 6.07) is 7.73. The third-order valence-corrected chi connectivity index (χ3v) is 5.12. The number of hydrogen-bond donors (Lipinski definition) is 1. The first kappa shape index (κ1) is 17.5. The molecule has 27 heavy (non-hydrogen) atoms. The van der Waals surface area contributed by atoms with Crippen LogP contribution >= 0.6 is 0 Å². The highest BCUT2D eigenvalue weighted by Crippen LogP contribution is 2.38. The van der Waals surface area contributed by atoms with E-state index < -0.39 is 23.5 Å². The van der Waals surface area contributed by atoms with E-state index in [2.05, 4.69) is 9.88 Å². The van der Waals surface area contributed by atoms with Crippen molar-refractivity contribution in [2.24, 2.45) is 0 Å². The van der Waals surface area contributed by atoms with Crippen molar-refractivity contribution in [2.45, 2.75) is 18.9 Å². The van der Waals surface area contributed by atoms with Gasteiger partial charge in [0.1, 0.15) is 6.04 Å². The van der Waals surface area contributed by atoms with Gasteiger partial charge in [-0.05, 0) is 50.2 Å². The molecule has 2 aliphatic rings. The Hall–Kier alpha value is -2.93. The van der Waals surface area contributed by atoms with Crippen LogP contribution in [0, 0.1) is 0 Å². The number of pyridine rings is 1. The fraction of sp³-hybridized carbons (Fsp3) is 0.350. The molecular formula is C20H21N3O4. The van der Waals surface area contributed by atoms with Gasteiger partial charge in [-0.15, -0.1) is 0 Å². The van der Waals surface area contributed by atoms with Crippen LogP contribution in [0.3, 0.4) is 0 Å². The Morgan fingerprint density at radius 1 is 1.19 bits per heavy atom. The van der Waals surface area contributed by atoms with E-state index in [1.165, 1.54) is 17.2 Å². The highest BCUT2D eigenvalue weighted by Gasteiger charge is 2.45. The molecule has 1 amide bonds. The second-order valence-corrected chi connectivity index (χ2v) is 6.77. The molecule has 0 bridgehead atoms. The fourth-order valence-corrected chi connectivity index (χ4v) is 3.76. The zero-order valence-corrected chi connectivity index (χ0v) is 14.9. The number of likely N-dealkylation sites (tertiary alicyclic amines) is 1. The predicted molar refractivity (Wildman–Crippen MR) is 97.1 cm³/mol. The van der Waals surface area contributed by atoms with Crippen LogP contribution in [0.15, 0.2) is 58.5 Å². The molecule has 1 saturated heterocycles. The summed E-state index contributed by atoms with van der Waals surface area (Å²) in [5, 5.41) is 10.5. The number of aliphatic hydroxyl groups is 1. The summed E-state index contributed by atoms with van der Waals surface area (Å²) in [6.45, 7) is 3.13. The molecule has 4 rings (SSSR count). The highest BCUT2D eigenvalue weighted by molar-refractivity contribution is 6.14. The third-order valence-electron chi connectivity index (χ3n) is 5.12. The maximum atomic E-state index is 12.9. The van der Waals surface area contributed by atoms with Crippen molar-refractivity contribution < 1.29 is 19.1 Å². The quantitative estimate of drug-likeness (QED) is 0.789. The van der Waals surface area contributed by atoms with Crippen molar-refractivity contribution in [1.82, 2.24) is 14.8 Å². The number of ketones is 1. The van der Waals surface area contributed by atoms with Crippen molar-refractivity contribution in [1.29, 1.82) is 0 Å². The minimum atomic E-state index is -0.723. The molecule has 4 heterocycles. The smallest absolute Gasteiger partial charge is 0.290 e. The predicted octanol–water partition coefficient (Wildman–Crippen LogP) is 2.35. The number of furan rings is 1. The Kier molecular flexibility index (Phi) is 4.77. The van der Waals surface area contributed by atoms with Gasteiger partial charge in [0.05, 0.1) is 17.5 Å². The van der Waals surface area contributed by atoms with Crippen molar-refractivity contribution in [3.05, 3.63) is 65.6 Å². The van der Waals surface area contributed by atoms with Crippen LogP contribution in [0.2, 0.25) is 0 Å². The molecule has 1 fully saturated rings. The van der Waals surface area contributed by atoms with Gasteiger partial charge < -0.3 is 19.3 Å². The first-order valence-corrected chi connectivity index (χ1v) is 9.12. The van der Waals surface area contributed by atoms with E-state index in [1.807, 2.05) is 0 Å². The van der Waals surface area contributed by atoms with Crippen LogP contribution in [-0.4, -0.2) is 57.8 Å². The summed E-state index contributed by atoms with van der Waals surface area (Å²) in [6.07, 6.45) is 5.32. The van der Waals surface area contributed by atoms with E-state index >= 15 is 0 Å². The first-order chi connectivity index (χ1) is 13.2. The van der Waals surface area contributed by atoms with Crippen LogP contribution < -0.4 is 0 Å². The second kappa shape index (κ2) is 7.36. The van der Waals surface area contributed by atoms with E-state index in [4.69, 9.17) is 4.42 Å². The van der Waals surface area contributed by atoms with E-state index in [0.717, 1.165) is 25.9 Å². The molecule has 0 aromatic carbocycles. The number of amides is 1. The van der Waals surface area contributed by atoms with Crippen molar-refractivity contribution in [3.63, 3.8) is 0 Å². The molecule has 2 aromatic rings. The van der Waals surface area contributed by atoms with Gasteiger partial charge in [-0.25, -0.2) is 0 Å². The summed E-state index contributed by atoms with van der Waals surface area (Å²) in [5.41, 5.74) is 0.571. The number of nitrogens with zero attached hydrogens (tertiary/aromatic N) is 3. The van der Waals surface area contributed by atoms with E-state index in [1.54, 1.807) is 30.5 Å². The zero-order chi connectivity index (χ0) is 18.8. The molecule has 2 aliphatic heterocycles. The summed E-state index contributed by atoms with van der Waals surface area (Å²) in [5.74, 6) is -1.47. The molecule has 1 N–H and O–H groups in total. The van der Waals surface area contributed by atoms with Gasteiger partial charge in [-0.3, -0.25) is 14.6 Å². The van der Waals surface area contributed by atoms with Crippen LogP contribution in [0.5, 0.6) is 0 Å². The highest BCUT2D eigenvalue weighted by atomic mass is 16.3. The van der Waals surface area contributed by atoms with E-state index in [0.29, 0.717) is 18.8 Å². The molecule has 0 saturated carbocycles. The van der Waals surface area contributed by atoms with Gasteiger partial charge in [0.2, 0.25) is 5.78 Å². The van der Waals surface area contributed by atoms with Gasteiger partial charge in [0.15, 0.2) is 11.5 Å². The van der Waals surface area contributed by atoms with Gasteiger partial charge in [0.25, 0.3) is 5.91 Å². The molecule has 7 heteroatoms. The fourth-order valence-electron chi connectivity index (χ4n) is 3.76. The topological polar surface area (TPSA) is 86.9 Å². The van der Waals surface area contributed by atoms with Gasteiger partial charge in [0, 0.05) is 19.3 Å². The summed E-state index contributed by atoms with van der Waals surface area (Å²) < 4.78 is 5.20. The van der Waals surface area contributed by atoms with Crippen molar-refractivity contribution in [2.75, 3.05) is 26.2 Å². The number of rotatable bonds is 6. The molecule has 0 aliphatic carbocycles. The molecule has 140 valence electrons. The number of Topliss-reactive ketones (excluding diaryl/α,β-unsaturated/α-hetero) is 1. The Labute approximate surface area is 156 Å². The molecule has 0 radical (unpaired) electrons.